The van der Waals surface area contributed by atoms with Crippen molar-refractivity contribution in [1.82, 2.24) is 10.2 Å². The Morgan fingerprint density at radius 3 is 2.63 bits per heavy atom. The van der Waals surface area contributed by atoms with E-state index in [-0.39, 0.29) is 24.2 Å². The molecule has 1 saturated carbocycles. The summed E-state index contributed by atoms with van der Waals surface area (Å²) < 4.78 is 0. The fraction of sp³-hybridized carbons (Fsp3) is 0.474. The Bertz CT molecular complexity index is 909. The number of benzene rings is 1. The molecule has 0 bridgehead atoms. The number of piperidine rings is 2. The second kappa shape index (κ2) is 5.39. The van der Waals surface area contributed by atoms with E-state index in [0.29, 0.717) is 23.6 Å². The van der Waals surface area contributed by atoms with Crippen LogP contribution in [0.2, 0.25) is 0 Å². The van der Waals surface area contributed by atoms with E-state index in [1.165, 1.54) is 0 Å². The van der Waals surface area contributed by atoms with Gasteiger partial charge >= 0.3 is 0 Å². The highest BCUT2D eigenvalue weighted by Crippen LogP contribution is 2.57. The summed E-state index contributed by atoms with van der Waals surface area (Å²) in [5.74, 6) is -1.31. The first-order chi connectivity index (χ1) is 12.9. The fourth-order valence-corrected chi connectivity index (χ4v) is 4.76. The van der Waals surface area contributed by atoms with Crippen LogP contribution in [0.4, 0.5) is 5.69 Å². The summed E-state index contributed by atoms with van der Waals surface area (Å²) in [6, 6.07) is 4.33. The Kier molecular flexibility index (Phi) is 3.28. The quantitative estimate of drug-likeness (QED) is 0.719. The molecule has 1 aromatic carbocycles. The van der Waals surface area contributed by atoms with Crippen LogP contribution >= 0.6 is 0 Å². The van der Waals surface area contributed by atoms with Crippen LogP contribution in [0.1, 0.15) is 40.0 Å². The number of hydrogen-bond acceptors (Lipinski definition) is 6. The summed E-state index contributed by atoms with van der Waals surface area (Å²) in [5, 5.41) is 2.21. The van der Waals surface area contributed by atoms with Crippen molar-refractivity contribution in [3.8, 4) is 0 Å². The van der Waals surface area contributed by atoms with Gasteiger partial charge in [-0.2, -0.15) is 0 Å². The molecule has 8 heteroatoms. The highest BCUT2D eigenvalue weighted by Gasteiger charge is 2.59. The number of hydrogen-bond donors (Lipinski definition) is 2. The molecule has 3 N–H and O–H groups in total. The van der Waals surface area contributed by atoms with Crippen molar-refractivity contribution in [1.29, 1.82) is 0 Å². The Morgan fingerprint density at radius 1 is 1.15 bits per heavy atom. The Balaban J connectivity index is 1.42. The van der Waals surface area contributed by atoms with Crippen molar-refractivity contribution < 1.29 is 19.2 Å². The van der Waals surface area contributed by atoms with Gasteiger partial charge in [-0.25, -0.2) is 0 Å². The molecule has 3 heterocycles. The summed E-state index contributed by atoms with van der Waals surface area (Å²) in [6.45, 7) is 2.45. The van der Waals surface area contributed by atoms with Gasteiger partial charge in [0.2, 0.25) is 11.8 Å². The minimum atomic E-state index is -0.932. The number of imide groups is 2. The highest BCUT2D eigenvalue weighted by atomic mass is 16.2. The number of fused-ring (bicyclic) bond motifs is 2. The van der Waals surface area contributed by atoms with Crippen molar-refractivity contribution >= 4 is 29.3 Å². The summed E-state index contributed by atoms with van der Waals surface area (Å²) in [4.78, 5) is 52.3. The molecule has 3 aliphatic heterocycles. The summed E-state index contributed by atoms with van der Waals surface area (Å²) in [7, 11) is 0. The van der Waals surface area contributed by atoms with Crippen molar-refractivity contribution in [3.05, 3.63) is 29.3 Å². The van der Waals surface area contributed by atoms with E-state index in [1.807, 2.05) is 6.07 Å². The molecular formula is C19H20N4O4. The summed E-state index contributed by atoms with van der Waals surface area (Å²) in [6.07, 6.45) is 1.44. The van der Waals surface area contributed by atoms with E-state index >= 15 is 0 Å². The standard InChI is InChI=1S/C19H20N4O4/c20-8-19-6-10(19)7-22(9-19)11-1-2-12-13(5-11)18(27)23(17(12)26)14-3-4-15(24)21-16(14)25/h1-2,5,10,14H,3-4,6-9,20H2,(H,21,24,25)/t10-,14?,19-/m0/s1. The Hall–Kier alpha value is -2.74. The number of nitrogens with zero attached hydrogens (tertiary/aromatic N) is 2. The smallest absolute Gasteiger partial charge is 0.262 e. The Labute approximate surface area is 155 Å². The molecule has 4 aliphatic rings. The van der Waals surface area contributed by atoms with Crippen LogP contribution in [0.3, 0.4) is 0 Å². The van der Waals surface area contributed by atoms with Gasteiger partial charge in [0, 0.05) is 30.6 Å². The van der Waals surface area contributed by atoms with E-state index in [9.17, 15) is 19.2 Å². The van der Waals surface area contributed by atoms with E-state index in [2.05, 4.69) is 10.2 Å². The molecule has 27 heavy (non-hydrogen) atoms. The minimum Gasteiger partial charge on any atom is -0.371 e. The van der Waals surface area contributed by atoms with Crippen LogP contribution in [-0.4, -0.2) is 54.2 Å². The van der Waals surface area contributed by atoms with Crippen LogP contribution < -0.4 is 16.0 Å². The minimum absolute atomic E-state index is 0.116. The first kappa shape index (κ1) is 16.4. The van der Waals surface area contributed by atoms with Crippen molar-refractivity contribution in [2.45, 2.75) is 25.3 Å². The third-order valence-electron chi connectivity index (χ3n) is 6.50. The summed E-state index contributed by atoms with van der Waals surface area (Å²) in [5.41, 5.74) is 7.65. The average molecular weight is 368 g/mol. The molecular weight excluding hydrogens is 348 g/mol. The van der Waals surface area contributed by atoms with Gasteiger partial charge in [-0.05, 0) is 43.5 Å². The zero-order valence-corrected chi connectivity index (χ0v) is 14.7. The molecule has 140 valence electrons. The topological polar surface area (TPSA) is 113 Å². The first-order valence-corrected chi connectivity index (χ1v) is 9.24. The van der Waals surface area contributed by atoms with Gasteiger partial charge in [0.1, 0.15) is 6.04 Å². The predicted molar refractivity (Wildman–Crippen MR) is 94.9 cm³/mol. The van der Waals surface area contributed by atoms with Gasteiger partial charge in [-0.15, -0.1) is 0 Å². The molecule has 3 fully saturated rings. The van der Waals surface area contributed by atoms with Crippen molar-refractivity contribution in [2.75, 3.05) is 24.5 Å². The molecule has 0 radical (unpaired) electrons. The van der Waals surface area contributed by atoms with Gasteiger partial charge in [0.05, 0.1) is 11.1 Å². The number of nitrogens with one attached hydrogen (secondary N) is 1. The van der Waals surface area contributed by atoms with Crippen LogP contribution in [0.5, 0.6) is 0 Å². The van der Waals surface area contributed by atoms with Crippen LogP contribution in [-0.2, 0) is 9.59 Å². The average Bonchev–Trinajstić information content (AvgIpc) is 3.13. The Morgan fingerprint density at radius 2 is 1.93 bits per heavy atom. The van der Waals surface area contributed by atoms with Crippen LogP contribution in [0.25, 0.3) is 0 Å². The lowest BCUT2D eigenvalue weighted by atomic mass is 10.0. The zero-order valence-electron chi connectivity index (χ0n) is 14.7. The second-order valence-electron chi connectivity index (χ2n) is 8.03. The molecule has 1 aromatic rings. The van der Waals surface area contributed by atoms with Crippen LogP contribution in [0.15, 0.2) is 18.2 Å². The highest BCUT2D eigenvalue weighted by molar-refractivity contribution is 6.23. The van der Waals surface area contributed by atoms with E-state index in [0.717, 1.165) is 30.1 Å². The number of nitrogens with two attached hydrogens (primary N) is 1. The van der Waals surface area contributed by atoms with Crippen molar-refractivity contribution in [3.63, 3.8) is 0 Å². The second-order valence-corrected chi connectivity index (χ2v) is 8.03. The molecule has 5 rings (SSSR count). The van der Waals surface area contributed by atoms with E-state index < -0.39 is 23.8 Å². The maximum absolute atomic E-state index is 12.9. The van der Waals surface area contributed by atoms with Gasteiger partial charge in [0.25, 0.3) is 11.8 Å². The third-order valence-corrected chi connectivity index (χ3v) is 6.50. The number of carbonyl (C=O) groups is 4. The normalized spacial score (nSPS) is 31.9. The van der Waals surface area contributed by atoms with Gasteiger partial charge in [0.15, 0.2) is 0 Å². The molecule has 3 atom stereocenters. The SMILES string of the molecule is NC[C@]12C[C@H]1CN(c1ccc3c(c1)C(=O)N(C1CCC(=O)NC1=O)C3=O)C2. The largest absolute Gasteiger partial charge is 0.371 e. The number of anilines is 1. The lowest BCUT2D eigenvalue weighted by Crippen LogP contribution is -2.54. The third kappa shape index (κ3) is 2.26. The molecule has 4 amide bonds. The van der Waals surface area contributed by atoms with Crippen molar-refractivity contribution in [2.24, 2.45) is 17.1 Å². The molecule has 2 saturated heterocycles. The maximum atomic E-state index is 12.9. The lowest BCUT2D eigenvalue weighted by molar-refractivity contribution is -0.136. The molecule has 0 aromatic heterocycles. The van der Waals surface area contributed by atoms with Gasteiger partial charge < -0.3 is 10.6 Å². The molecule has 8 nitrogen and oxygen atoms in total. The van der Waals surface area contributed by atoms with Gasteiger partial charge in [-0.1, -0.05) is 0 Å². The molecule has 1 unspecified atom stereocenters. The molecule has 0 spiro atoms. The lowest BCUT2D eigenvalue weighted by Gasteiger charge is -2.27. The van der Waals surface area contributed by atoms with Gasteiger partial charge in [-0.3, -0.25) is 29.4 Å². The first-order valence-electron chi connectivity index (χ1n) is 9.24. The number of amides is 4. The molecule has 1 aliphatic carbocycles. The summed E-state index contributed by atoms with van der Waals surface area (Å²) >= 11 is 0. The van der Waals surface area contributed by atoms with Crippen LogP contribution in [0, 0.1) is 11.3 Å². The zero-order chi connectivity index (χ0) is 18.9. The van der Waals surface area contributed by atoms with E-state index in [1.54, 1.807) is 12.1 Å². The van der Waals surface area contributed by atoms with E-state index in [4.69, 9.17) is 5.73 Å². The monoisotopic (exact) mass is 368 g/mol. The predicted octanol–water partition coefficient (Wildman–Crippen LogP) is -0.127. The fourth-order valence-electron chi connectivity index (χ4n) is 4.76. The number of rotatable bonds is 3. The number of carbonyl (C=O) groups excluding carboxylic acids is 4. The maximum Gasteiger partial charge on any atom is 0.262 e.